The van der Waals surface area contributed by atoms with Gasteiger partial charge in [-0.15, -0.1) is 0 Å². The Morgan fingerprint density at radius 3 is 2.87 bits per heavy atom. The molecule has 0 bridgehead atoms. The van der Waals surface area contributed by atoms with E-state index in [2.05, 4.69) is 56.6 Å². The summed E-state index contributed by atoms with van der Waals surface area (Å²) in [6.45, 7) is 4.55. The summed E-state index contributed by atoms with van der Waals surface area (Å²) < 4.78 is 0. The predicted molar refractivity (Wildman–Crippen MR) is 89.2 cm³/mol. The highest BCUT2D eigenvalue weighted by Gasteiger charge is 2.26. The van der Waals surface area contributed by atoms with E-state index in [9.17, 15) is 4.79 Å². The molecule has 1 fully saturated rings. The molecular formula is C17H23N5O. The smallest absolute Gasteiger partial charge is 0.269 e. The molecule has 1 saturated heterocycles. The topological polar surface area (TPSA) is 64.3 Å². The lowest BCUT2D eigenvalue weighted by Crippen LogP contribution is -2.49. The number of carbonyl (C=O) groups is 1. The molecular weight excluding hydrogens is 290 g/mol. The van der Waals surface area contributed by atoms with Crippen molar-refractivity contribution in [3.63, 3.8) is 0 Å². The Bertz CT molecular complexity index is 613. The number of nitrogens with zero attached hydrogens (tertiary/aromatic N) is 3. The first kappa shape index (κ1) is 15.7. The zero-order valence-corrected chi connectivity index (χ0v) is 13.4. The first-order valence-electron chi connectivity index (χ1n) is 7.99. The molecule has 1 atom stereocenters. The second kappa shape index (κ2) is 7.39. The van der Waals surface area contributed by atoms with Crippen LogP contribution in [0.5, 0.6) is 0 Å². The van der Waals surface area contributed by atoms with Crippen LogP contribution in [0.3, 0.4) is 0 Å². The molecule has 1 aromatic heterocycles. The minimum absolute atomic E-state index is 0.104. The lowest BCUT2D eigenvalue weighted by molar-refractivity contribution is 0.0840. The molecule has 122 valence electrons. The molecule has 0 unspecified atom stereocenters. The van der Waals surface area contributed by atoms with Crippen LogP contribution in [0.25, 0.3) is 0 Å². The van der Waals surface area contributed by atoms with Crippen molar-refractivity contribution in [1.29, 1.82) is 0 Å². The molecule has 6 nitrogen and oxygen atoms in total. The van der Waals surface area contributed by atoms with Crippen LogP contribution in [0.15, 0.2) is 42.6 Å². The second-order valence-corrected chi connectivity index (χ2v) is 5.95. The van der Waals surface area contributed by atoms with E-state index >= 15 is 0 Å². The molecule has 3 rings (SSSR count). The maximum absolute atomic E-state index is 11.9. The Morgan fingerprint density at radius 2 is 2.13 bits per heavy atom. The number of amides is 1. The van der Waals surface area contributed by atoms with Crippen molar-refractivity contribution in [3.8, 4) is 0 Å². The third-order valence-electron chi connectivity index (χ3n) is 4.31. The highest BCUT2D eigenvalue weighted by molar-refractivity contribution is 5.92. The molecule has 6 heteroatoms. The molecule has 2 aromatic rings. The largest absolute Gasteiger partial charge is 0.349 e. The summed E-state index contributed by atoms with van der Waals surface area (Å²) in [6.07, 6.45) is 1.58. The average molecular weight is 313 g/mol. The Hall–Kier alpha value is -2.18. The Kier molecular flexibility index (Phi) is 5.05. The van der Waals surface area contributed by atoms with E-state index in [0.29, 0.717) is 18.3 Å². The molecule has 1 aliphatic rings. The number of aromatic nitrogens is 2. The summed E-state index contributed by atoms with van der Waals surface area (Å²) in [4.78, 5) is 16.7. The van der Waals surface area contributed by atoms with E-state index in [-0.39, 0.29) is 5.91 Å². The van der Waals surface area contributed by atoms with Gasteiger partial charge in [0.1, 0.15) is 5.69 Å². The number of H-pyrrole nitrogens is 1. The number of carbonyl (C=O) groups excluding carboxylic acids is 1. The Labute approximate surface area is 136 Å². The van der Waals surface area contributed by atoms with Crippen LogP contribution in [0, 0.1) is 0 Å². The van der Waals surface area contributed by atoms with Gasteiger partial charge in [-0.25, -0.2) is 0 Å². The lowest BCUT2D eigenvalue weighted by atomic mass is 10.0. The highest BCUT2D eigenvalue weighted by atomic mass is 16.1. The quantitative estimate of drug-likeness (QED) is 0.868. The summed E-state index contributed by atoms with van der Waals surface area (Å²) in [6, 6.07) is 12.6. The van der Waals surface area contributed by atoms with Gasteiger partial charge in [0.25, 0.3) is 5.91 Å². The van der Waals surface area contributed by atoms with Gasteiger partial charge in [-0.2, -0.15) is 5.10 Å². The number of nitrogens with one attached hydrogen (secondary N) is 2. The molecule has 23 heavy (non-hydrogen) atoms. The number of aromatic amines is 1. The molecule has 1 amide bonds. The van der Waals surface area contributed by atoms with Gasteiger partial charge in [0, 0.05) is 45.0 Å². The zero-order chi connectivity index (χ0) is 16.1. The predicted octanol–water partition coefficient (Wildman–Crippen LogP) is 1.13. The van der Waals surface area contributed by atoms with Crippen LogP contribution in [-0.4, -0.2) is 65.7 Å². The SMILES string of the molecule is CN1CCN(CCNC(=O)c2ccn[nH]2)[C@@H](c2ccccc2)C1. The van der Waals surface area contributed by atoms with Crippen LogP contribution in [0.4, 0.5) is 0 Å². The van der Waals surface area contributed by atoms with E-state index in [1.54, 1.807) is 12.3 Å². The van der Waals surface area contributed by atoms with E-state index < -0.39 is 0 Å². The van der Waals surface area contributed by atoms with Gasteiger partial charge < -0.3 is 10.2 Å². The standard InChI is InChI=1S/C17H23N5O/c1-21-11-12-22(16(13-21)14-5-3-2-4-6-14)10-9-18-17(23)15-7-8-19-20-15/h2-8,16H,9-13H2,1H3,(H,18,23)(H,19,20)/t16-/m1/s1. The van der Waals surface area contributed by atoms with Gasteiger partial charge in [-0.3, -0.25) is 14.8 Å². The minimum atomic E-state index is -0.104. The minimum Gasteiger partial charge on any atom is -0.349 e. The van der Waals surface area contributed by atoms with E-state index in [1.807, 2.05) is 6.07 Å². The monoisotopic (exact) mass is 313 g/mol. The number of benzene rings is 1. The summed E-state index contributed by atoms with van der Waals surface area (Å²) >= 11 is 0. The molecule has 2 heterocycles. The maximum Gasteiger partial charge on any atom is 0.269 e. The fourth-order valence-corrected chi connectivity index (χ4v) is 3.01. The summed E-state index contributed by atoms with van der Waals surface area (Å²) in [5.74, 6) is -0.104. The van der Waals surface area contributed by atoms with Crippen LogP contribution in [0.2, 0.25) is 0 Å². The van der Waals surface area contributed by atoms with Gasteiger partial charge in [-0.05, 0) is 18.7 Å². The Balaban J connectivity index is 1.58. The van der Waals surface area contributed by atoms with Crippen LogP contribution < -0.4 is 5.32 Å². The molecule has 1 aromatic carbocycles. The molecule has 0 saturated carbocycles. The summed E-state index contributed by atoms with van der Waals surface area (Å²) in [5.41, 5.74) is 1.84. The number of hydrogen-bond acceptors (Lipinski definition) is 4. The number of likely N-dealkylation sites (N-methyl/N-ethyl adjacent to an activating group) is 1. The highest BCUT2D eigenvalue weighted by Crippen LogP contribution is 2.24. The van der Waals surface area contributed by atoms with Crippen molar-refractivity contribution in [2.45, 2.75) is 6.04 Å². The van der Waals surface area contributed by atoms with Crippen LogP contribution in [-0.2, 0) is 0 Å². The van der Waals surface area contributed by atoms with Gasteiger partial charge in [0.2, 0.25) is 0 Å². The number of piperazine rings is 1. The van der Waals surface area contributed by atoms with Crippen molar-refractivity contribution in [2.75, 3.05) is 39.8 Å². The first-order chi connectivity index (χ1) is 11.2. The first-order valence-corrected chi connectivity index (χ1v) is 7.99. The fraction of sp³-hybridized carbons (Fsp3) is 0.412. The van der Waals surface area contributed by atoms with Gasteiger partial charge in [-0.1, -0.05) is 30.3 Å². The normalized spacial score (nSPS) is 19.6. The average Bonchev–Trinajstić information content (AvgIpc) is 3.11. The zero-order valence-electron chi connectivity index (χ0n) is 13.4. The third-order valence-corrected chi connectivity index (χ3v) is 4.31. The lowest BCUT2D eigenvalue weighted by Gasteiger charge is -2.40. The van der Waals surface area contributed by atoms with E-state index in [1.165, 1.54) is 5.56 Å². The van der Waals surface area contributed by atoms with Gasteiger partial charge >= 0.3 is 0 Å². The van der Waals surface area contributed by atoms with Crippen molar-refractivity contribution < 1.29 is 4.79 Å². The number of rotatable bonds is 5. The van der Waals surface area contributed by atoms with Crippen molar-refractivity contribution in [2.24, 2.45) is 0 Å². The number of hydrogen-bond donors (Lipinski definition) is 2. The molecule has 2 N–H and O–H groups in total. The molecule has 0 aliphatic carbocycles. The summed E-state index contributed by atoms with van der Waals surface area (Å²) in [7, 11) is 2.16. The molecule has 1 aliphatic heterocycles. The van der Waals surface area contributed by atoms with Crippen molar-refractivity contribution in [3.05, 3.63) is 53.9 Å². The van der Waals surface area contributed by atoms with Crippen LogP contribution in [0.1, 0.15) is 22.1 Å². The van der Waals surface area contributed by atoms with Crippen LogP contribution >= 0.6 is 0 Å². The molecule has 0 radical (unpaired) electrons. The second-order valence-electron chi connectivity index (χ2n) is 5.95. The summed E-state index contributed by atoms with van der Waals surface area (Å²) in [5, 5.41) is 9.43. The van der Waals surface area contributed by atoms with E-state index in [4.69, 9.17) is 0 Å². The van der Waals surface area contributed by atoms with Gasteiger partial charge in [0.15, 0.2) is 0 Å². The Morgan fingerprint density at radius 1 is 1.30 bits per heavy atom. The third kappa shape index (κ3) is 3.97. The molecule has 0 spiro atoms. The fourth-order valence-electron chi connectivity index (χ4n) is 3.01. The van der Waals surface area contributed by atoms with Crippen molar-refractivity contribution in [1.82, 2.24) is 25.3 Å². The maximum atomic E-state index is 11.9. The van der Waals surface area contributed by atoms with E-state index in [0.717, 1.165) is 26.2 Å². The van der Waals surface area contributed by atoms with Crippen molar-refractivity contribution >= 4 is 5.91 Å². The van der Waals surface area contributed by atoms with Gasteiger partial charge in [0.05, 0.1) is 0 Å².